The van der Waals surface area contributed by atoms with Crippen LogP contribution in [0.4, 0.5) is 0 Å². The zero-order valence-electron chi connectivity index (χ0n) is 14.2. The van der Waals surface area contributed by atoms with E-state index in [9.17, 15) is 9.59 Å². The Kier molecular flexibility index (Phi) is 5.50. The van der Waals surface area contributed by atoms with Crippen LogP contribution in [0.15, 0.2) is 6.33 Å². The van der Waals surface area contributed by atoms with Crippen LogP contribution < -0.4 is 10.6 Å². The van der Waals surface area contributed by atoms with Gasteiger partial charge in [-0.15, -0.1) is 0 Å². The van der Waals surface area contributed by atoms with Gasteiger partial charge in [-0.25, -0.2) is 4.98 Å². The molecule has 3 rings (SSSR count). The average Bonchev–Trinajstić information content (AvgIpc) is 2.97. The molecule has 2 aliphatic rings. The van der Waals surface area contributed by atoms with E-state index in [4.69, 9.17) is 4.74 Å². The number of nitrogens with one attached hydrogen (secondary N) is 2. The van der Waals surface area contributed by atoms with E-state index in [1.165, 1.54) is 6.42 Å². The molecule has 2 amide bonds. The highest BCUT2D eigenvalue weighted by atomic mass is 16.5. The van der Waals surface area contributed by atoms with Crippen molar-refractivity contribution in [3.8, 4) is 0 Å². The number of imidazole rings is 1. The summed E-state index contributed by atoms with van der Waals surface area (Å²) in [4.78, 5) is 28.8. The van der Waals surface area contributed by atoms with Gasteiger partial charge in [-0.05, 0) is 38.5 Å². The summed E-state index contributed by atoms with van der Waals surface area (Å²) in [5, 5.41) is 5.99. The first-order chi connectivity index (χ1) is 11.7. The predicted molar refractivity (Wildman–Crippen MR) is 88.6 cm³/mol. The maximum absolute atomic E-state index is 12.3. The fourth-order valence-corrected chi connectivity index (χ4v) is 3.24. The molecule has 0 saturated heterocycles. The van der Waals surface area contributed by atoms with Crippen LogP contribution in [0.3, 0.4) is 0 Å². The molecule has 1 fully saturated rings. The predicted octanol–water partition coefficient (Wildman–Crippen LogP) is 0.880. The molecule has 1 unspecified atom stereocenters. The number of hydrogen-bond donors (Lipinski definition) is 2. The van der Waals surface area contributed by atoms with E-state index in [1.807, 2.05) is 4.57 Å². The Balaban J connectivity index is 1.55. The van der Waals surface area contributed by atoms with Crippen LogP contribution in [-0.2, 0) is 22.5 Å². The minimum atomic E-state index is -0.141. The Morgan fingerprint density at radius 1 is 1.38 bits per heavy atom. The minimum Gasteiger partial charge on any atom is -0.385 e. The number of ether oxygens (including phenoxy) is 1. The number of aromatic nitrogens is 2. The summed E-state index contributed by atoms with van der Waals surface area (Å²) in [6.07, 6.45) is 7.36. The van der Waals surface area contributed by atoms with Crippen molar-refractivity contribution in [3.63, 3.8) is 0 Å². The van der Waals surface area contributed by atoms with Gasteiger partial charge in [0, 0.05) is 32.8 Å². The largest absolute Gasteiger partial charge is 0.385 e. The Hall–Kier alpha value is -1.89. The smallest absolute Gasteiger partial charge is 0.271 e. The summed E-state index contributed by atoms with van der Waals surface area (Å²) < 4.78 is 6.93. The Morgan fingerprint density at radius 2 is 2.21 bits per heavy atom. The van der Waals surface area contributed by atoms with Gasteiger partial charge in [0.1, 0.15) is 5.69 Å². The lowest BCUT2D eigenvalue weighted by molar-refractivity contribution is -0.127. The zero-order chi connectivity index (χ0) is 16.9. The summed E-state index contributed by atoms with van der Waals surface area (Å²) in [6, 6.07) is 0.370. The molecule has 1 aliphatic heterocycles. The van der Waals surface area contributed by atoms with Crippen molar-refractivity contribution in [1.29, 1.82) is 0 Å². The molecule has 1 atom stereocenters. The number of carbonyl (C=O) groups is 2. The molecule has 0 radical (unpaired) electrons. The van der Waals surface area contributed by atoms with Gasteiger partial charge in [-0.1, -0.05) is 0 Å². The molecule has 0 bridgehead atoms. The van der Waals surface area contributed by atoms with Crippen LogP contribution in [0.2, 0.25) is 0 Å². The van der Waals surface area contributed by atoms with Gasteiger partial charge in [0.25, 0.3) is 5.91 Å². The highest BCUT2D eigenvalue weighted by Gasteiger charge is 2.30. The molecular formula is C17H26N4O3. The van der Waals surface area contributed by atoms with Crippen molar-refractivity contribution in [2.45, 2.75) is 51.1 Å². The number of hydrogen-bond acceptors (Lipinski definition) is 4. The van der Waals surface area contributed by atoms with Gasteiger partial charge in [0.05, 0.1) is 17.9 Å². The maximum atomic E-state index is 12.3. The molecule has 132 valence electrons. The molecule has 2 N–H and O–H groups in total. The number of fused-ring (bicyclic) bond motifs is 1. The van der Waals surface area contributed by atoms with Crippen molar-refractivity contribution in [2.24, 2.45) is 5.92 Å². The second-order valence-electron chi connectivity index (χ2n) is 6.67. The molecular weight excluding hydrogens is 308 g/mol. The molecule has 7 heteroatoms. The van der Waals surface area contributed by atoms with Gasteiger partial charge < -0.3 is 19.9 Å². The van der Waals surface area contributed by atoms with Crippen molar-refractivity contribution < 1.29 is 14.3 Å². The Morgan fingerprint density at radius 3 is 2.92 bits per heavy atom. The second kappa shape index (κ2) is 7.79. The Bertz CT molecular complexity index is 595. The van der Waals surface area contributed by atoms with Crippen LogP contribution in [0, 0.1) is 5.92 Å². The number of carbonyl (C=O) groups excluding carboxylic acids is 2. The third-order valence-corrected chi connectivity index (χ3v) is 4.94. The van der Waals surface area contributed by atoms with Crippen molar-refractivity contribution in [2.75, 3.05) is 20.3 Å². The summed E-state index contributed by atoms with van der Waals surface area (Å²) in [5.74, 6) is -0.0215. The fourth-order valence-electron chi connectivity index (χ4n) is 3.24. The lowest BCUT2D eigenvalue weighted by atomic mass is 9.91. The zero-order valence-corrected chi connectivity index (χ0v) is 14.2. The minimum absolute atomic E-state index is 0.0232. The highest BCUT2D eigenvalue weighted by Crippen LogP contribution is 2.24. The van der Waals surface area contributed by atoms with Crippen LogP contribution in [0.1, 0.15) is 48.3 Å². The molecule has 1 saturated carbocycles. The Labute approximate surface area is 142 Å². The number of methoxy groups -OCH3 is 1. The van der Waals surface area contributed by atoms with Crippen LogP contribution in [-0.4, -0.2) is 47.7 Å². The lowest BCUT2D eigenvalue weighted by Crippen LogP contribution is -2.44. The van der Waals surface area contributed by atoms with E-state index in [1.54, 1.807) is 13.4 Å². The highest BCUT2D eigenvalue weighted by molar-refractivity contribution is 5.93. The topological polar surface area (TPSA) is 85.2 Å². The maximum Gasteiger partial charge on any atom is 0.271 e. The summed E-state index contributed by atoms with van der Waals surface area (Å²) in [5.41, 5.74) is 1.43. The van der Waals surface area contributed by atoms with E-state index in [0.717, 1.165) is 31.4 Å². The molecule has 0 aromatic carbocycles. The molecule has 1 aliphatic carbocycles. The molecule has 2 heterocycles. The number of nitrogens with zero attached hydrogens (tertiary/aromatic N) is 2. The van der Waals surface area contributed by atoms with Crippen LogP contribution in [0.5, 0.6) is 0 Å². The van der Waals surface area contributed by atoms with Crippen LogP contribution in [0.25, 0.3) is 0 Å². The molecule has 7 nitrogen and oxygen atoms in total. The normalized spacial score (nSPS) is 20.1. The lowest BCUT2D eigenvalue weighted by Gasteiger charge is -2.30. The molecule has 24 heavy (non-hydrogen) atoms. The first kappa shape index (κ1) is 17.0. The third kappa shape index (κ3) is 3.77. The summed E-state index contributed by atoms with van der Waals surface area (Å²) in [6.45, 7) is 1.81. The van der Waals surface area contributed by atoms with E-state index in [2.05, 4.69) is 15.6 Å². The van der Waals surface area contributed by atoms with Gasteiger partial charge in [0.2, 0.25) is 5.91 Å². The second-order valence-corrected chi connectivity index (χ2v) is 6.67. The van der Waals surface area contributed by atoms with Crippen LogP contribution >= 0.6 is 0 Å². The SMILES string of the molecule is COCCCNC(=O)c1ncn2c1CCC(C(=O)NC1CCC1)C2. The van der Waals surface area contributed by atoms with E-state index in [-0.39, 0.29) is 17.7 Å². The van der Waals surface area contributed by atoms with Gasteiger partial charge in [0.15, 0.2) is 0 Å². The number of rotatable bonds is 7. The van der Waals surface area contributed by atoms with E-state index < -0.39 is 0 Å². The third-order valence-electron chi connectivity index (χ3n) is 4.94. The first-order valence-corrected chi connectivity index (χ1v) is 8.80. The van der Waals surface area contributed by atoms with Crippen molar-refractivity contribution >= 4 is 11.8 Å². The molecule has 0 spiro atoms. The van der Waals surface area contributed by atoms with Crippen molar-refractivity contribution in [3.05, 3.63) is 17.7 Å². The molecule has 1 aromatic heterocycles. The first-order valence-electron chi connectivity index (χ1n) is 8.80. The monoisotopic (exact) mass is 334 g/mol. The van der Waals surface area contributed by atoms with Crippen molar-refractivity contribution in [1.82, 2.24) is 20.2 Å². The average molecular weight is 334 g/mol. The fraction of sp³-hybridized carbons (Fsp3) is 0.706. The summed E-state index contributed by atoms with van der Waals surface area (Å²) in [7, 11) is 1.64. The number of amides is 2. The van der Waals surface area contributed by atoms with E-state index >= 15 is 0 Å². The quantitative estimate of drug-likeness (QED) is 0.725. The summed E-state index contributed by atoms with van der Waals surface area (Å²) >= 11 is 0. The molecule has 1 aromatic rings. The van der Waals surface area contributed by atoms with E-state index in [0.29, 0.717) is 37.9 Å². The van der Waals surface area contributed by atoms with Gasteiger partial charge >= 0.3 is 0 Å². The van der Waals surface area contributed by atoms with Gasteiger partial charge in [-0.2, -0.15) is 0 Å². The van der Waals surface area contributed by atoms with Gasteiger partial charge in [-0.3, -0.25) is 9.59 Å². The standard InChI is InChI=1S/C17H26N4O3/c1-24-9-3-8-18-17(23)15-14-7-6-12(10-21(14)11-19-15)16(22)20-13-4-2-5-13/h11-13H,2-10H2,1H3,(H,18,23)(H,20,22).